The van der Waals surface area contributed by atoms with Crippen LogP contribution in [0, 0.1) is 5.82 Å². The van der Waals surface area contributed by atoms with Crippen molar-refractivity contribution in [3.05, 3.63) is 90.8 Å². The molecule has 0 amide bonds. The third kappa shape index (κ3) is 3.85. The van der Waals surface area contributed by atoms with Gasteiger partial charge in [0.2, 0.25) is 0 Å². The highest BCUT2D eigenvalue weighted by Gasteiger charge is 2.25. The summed E-state index contributed by atoms with van der Waals surface area (Å²) in [7, 11) is -1.87. The van der Waals surface area contributed by atoms with Crippen molar-refractivity contribution in [3.63, 3.8) is 0 Å². The van der Waals surface area contributed by atoms with Crippen molar-refractivity contribution in [2.24, 2.45) is 5.14 Å². The molecule has 9 nitrogen and oxygen atoms in total. The molecule has 2 unspecified atom stereocenters. The van der Waals surface area contributed by atoms with E-state index in [1.165, 1.54) is 18.5 Å². The normalized spacial score (nSPS) is 13.3. The second-order valence-electron chi connectivity index (χ2n) is 8.56. The van der Waals surface area contributed by atoms with Crippen molar-refractivity contribution in [1.82, 2.24) is 29.1 Å². The van der Waals surface area contributed by atoms with Gasteiger partial charge in [-0.05, 0) is 55.5 Å². The molecule has 0 bridgehead atoms. The Morgan fingerprint density at radius 3 is 2.65 bits per heavy atom. The van der Waals surface area contributed by atoms with Gasteiger partial charge in [0.05, 0.1) is 27.7 Å². The number of anilines is 1. The van der Waals surface area contributed by atoms with Crippen LogP contribution in [-0.4, -0.2) is 33.3 Å². The minimum atomic E-state index is -1.87. The minimum absolute atomic E-state index is 0.136. The van der Waals surface area contributed by atoms with Gasteiger partial charge in [-0.15, -0.1) is 0 Å². The minimum Gasteiger partial charge on any atom is -0.383 e. The van der Waals surface area contributed by atoms with Gasteiger partial charge in [0.1, 0.15) is 34.6 Å². The maximum atomic E-state index is 14.5. The Hall–Kier alpha value is -4.48. The highest BCUT2D eigenvalue weighted by molar-refractivity contribution is 7.82. The van der Waals surface area contributed by atoms with Crippen molar-refractivity contribution < 1.29 is 8.60 Å². The van der Waals surface area contributed by atoms with Gasteiger partial charge in [-0.25, -0.2) is 28.4 Å². The molecule has 0 spiro atoms. The monoisotopic (exact) mass is 512 g/mol. The summed E-state index contributed by atoms with van der Waals surface area (Å²) in [6.07, 6.45) is 5.11. The van der Waals surface area contributed by atoms with E-state index in [0.717, 1.165) is 28.5 Å². The molecule has 0 fully saturated rings. The lowest BCUT2D eigenvalue weighted by Gasteiger charge is -2.15. The predicted molar refractivity (Wildman–Crippen MR) is 140 cm³/mol. The van der Waals surface area contributed by atoms with Crippen LogP contribution in [0.4, 0.5) is 10.2 Å². The Morgan fingerprint density at radius 2 is 1.86 bits per heavy atom. The highest BCUT2D eigenvalue weighted by Crippen LogP contribution is 2.37. The fraction of sp³-hybridized carbons (Fsp3) is 0.0769. The van der Waals surface area contributed by atoms with Gasteiger partial charge >= 0.3 is 0 Å². The summed E-state index contributed by atoms with van der Waals surface area (Å²) in [4.78, 5) is 13.4. The van der Waals surface area contributed by atoms with Crippen LogP contribution >= 0.6 is 0 Å². The topological polar surface area (TPSA) is 130 Å². The molecule has 5 aromatic heterocycles. The van der Waals surface area contributed by atoms with Gasteiger partial charge in [0, 0.05) is 29.0 Å². The van der Waals surface area contributed by atoms with Crippen molar-refractivity contribution in [2.75, 3.05) is 5.73 Å². The molecule has 0 aliphatic rings. The highest BCUT2D eigenvalue weighted by atomic mass is 32.2. The molecule has 184 valence electrons. The number of hydrogen-bond donors (Lipinski definition) is 2. The summed E-state index contributed by atoms with van der Waals surface area (Å²) < 4.78 is 30.2. The summed E-state index contributed by atoms with van der Waals surface area (Å²) >= 11 is 0. The lowest BCUT2D eigenvalue weighted by atomic mass is 10.1. The van der Waals surface area contributed by atoms with E-state index in [1.54, 1.807) is 10.9 Å². The third-order valence-electron chi connectivity index (χ3n) is 6.33. The predicted octanol–water partition coefficient (Wildman–Crippen LogP) is 4.12. The van der Waals surface area contributed by atoms with E-state index >= 15 is 0 Å². The molecule has 0 saturated heterocycles. The van der Waals surface area contributed by atoms with Crippen LogP contribution in [-0.2, 0) is 11.0 Å². The third-order valence-corrected chi connectivity index (χ3v) is 7.03. The van der Waals surface area contributed by atoms with E-state index < -0.39 is 16.8 Å². The molecule has 0 aliphatic carbocycles. The lowest BCUT2D eigenvalue weighted by molar-refractivity contribution is 0.581. The van der Waals surface area contributed by atoms with Crippen molar-refractivity contribution in [3.8, 4) is 22.6 Å². The molecule has 37 heavy (non-hydrogen) atoms. The first-order valence-corrected chi connectivity index (χ1v) is 12.6. The number of nitrogens with zero attached hydrogens (tertiary/aromatic N) is 6. The second-order valence-corrected chi connectivity index (χ2v) is 9.62. The van der Waals surface area contributed by atoms with E-state index in [4.69, 9.17) is 16.0 Å². The lowest BCUT2D eigenvalue weighted by Crippen LogP contribution is -2.10. The first-order valence-electron chi connectivity index (χ1n) is 11.4. The molecule has 1 aromatic carbocycles. The van der Waals surface area contributed by atoms with Crippen LogP contribution in [0.2, 0.25) is 0 Å². The molecular weight excluding hydrogens is 491 g/mol. The van der Waals surface area contributed by atoms with E-state index in [-0.39, 0.29) is 16.8 Å². The molecule has 6 rings (SSSR count). The zero-order valence-corrected chi connectivity index (χ0v) is 20.4. The Morgan fingerprint density at radius 1 is 1.03 bits per heavy atom. The number of nitrogens with two attached hydrogens (primary N) is 2. The van der Waals surface area contributed by atoms with Crippen LogP contribution in [0.1, 0.15) is 18.5 Å². The number of pyridine rings is 2. The molecule has 6 aromatic rings. The molecule has 0 radical (unpaired) electrons. The summed E-state index contributed by atoms with van der Waals surface area (Å²) in [5, 5.41) is 10.8. The molecule has 0 aliphatic heterocycles. The molecule has 2 atom stereocenters. The van der Waals surface area contributed by atoms with Crippen molar-refractivity contribution >= 4 is 33.4 Å². The summed E-state index contributed by atoms with van der Waals surface area (Å²) in [5.41, 5.74) is 11.2. The quantitative estimate of drug-likeness (QED) is 0.357. The maximum absolute atomic E-state index is 14.5. The Labute approximate surface area is 213 Å². The van der Waals surface area contributed by atoms with E-state index in [9.17, 15) is 8.60 Å². The Bertz CT molecular complexity index is 1810. The maximum Gasteiger partial charge on any atom is 0.164 e. The van der Waals surface area contributed by atoms with E-state index in [2.05, 4.69) is 25.4 Å². The number of halogens is 1. The van der Waals surface area contributed by atoms with E-state index in [0.29, 0.717) is 22.3 Å². The van der Waals surface area contributed by atoms with Gasteiger partial charge in [-0.1, -0.05) is 12.1 Å². The number of nitrogen functional groups attached to an aromatic ring is 1. The number of aromatic nitrogens is 6. The fourth-order valence-electron chi connectivity index (χ4n) is 4.65. The largest absolute Gasteiger partial charge is 0.383 e. The van der Waals surface area contributed by atoms with Crippen LogP contribution < -0.4 is 10.9 Å². The number of rotatable bonds is 5. The average Bonchev–Trinajstić information content (AvgIpc) is 3.49. The first-order chi connectivity index (χ1) is 17.9. The average molecular weight is 513 g/mol. The zero-order chi connectivity index (χ0) is 25.7. The zero-order valence-electron chi connectivity index (χ0n) is 19.6. The molecule has 0 saturated carbocycles. The van der Waals surface area contributed by atoms with Crippen LogP contribution in [0.15, 0.2) is 84.3 Å². The van der Waals surface area contributed by atoms with Crippen LogP contribution in [0.3, 0.4) is 0 Å². The summed E-state index contributed by atoms with van der Waals surface area (Å²) in [6, 6.07) is 17.5. The number of fused-ring (bicyclic) bond motifs is 2. The molecule has 5 heterocycles. The van der Waals surface area contributed by atoms with Gasteiger partial charge in [0.25, 0.3) is 0 Å². The summed E-state index contributed by atoms with van der Waals surface area (Å²) in [6.45, 7) is 2.00. The second kappa shape index (κ2) is 8.87. The first kappa shape index (κ1) is 23.0. The van der Waals surface area contributed by atoms with Crippen molar-refractivity contribution in [1.29, 1.82) is 0 Å². The Balaban J connectivity index is 1.60. The van der Waals surface area contributed by atoms with E-state index in [1.807, 2.05) is 49.5 Å². The van der Waals surface area contributed by atoms with Crippen LogP contribution in [0.5, 0.6) is 0 Å². The SMILES string of the molecule is CC(c1cc2ccccn2c1-c1ccccn1)n1nc(-c2cc(F)cc(S(N)=O)c2)c2c(N)ncnc21. The molecular formula is C26H21FN8OS. The van der Waals surface area contributed by atoms with Crippen molar-refractivity contribution in [2.45, 2.75) is 17.9 Å². The fourth-order valence-corrected chi connectivity index (χ4v) is 5.12. The summed E-state index contributed by atoms with van der Waals surface area (Å²) in [5.74, 6) is -0.390. The number of hydrogen-bond acceptors (Lipinski definition) is 6. The van der Waals surface area contributed by atoms with Gasteiger partial charge in [-0.3, -0.25) is 4.98 Å². The Kier molecular flexibility index (Phi) is 5.50. The number of benzene rings is 1. The van der Waals surface area contributed by atoms with Gasteiger partial charge in [0.15, 0.2) is 5.65 Å². The standard InChI is InChI=1S/C26H21FN8OS/c1-15(20-13-18-6-3-5-9-34(18)24(20)21-7-2-4-8-30-21)35-26-22(25(28)31-14-32-26)23(33-35)16-10-17(27)12-19(11-16)37(29)36/h2-15H,29H2,1H3,(H2,28,31,32). The molecule has 11 heteroatoms. The smallest absolute Gasteiger partial charge is 0.164 e. The molecule has 4 N–H and O–H groups in total. The van der Waals surface area contributed by atoms with Crippen LogP contribution in [0.25, 0.3) is 39.2 Å². The van der Waals surface area contributed by atoms with Gasteiger partial charge in [-0.2, -0.15) is 5.10 Å². The van der Waals surface area contributed by atoms with Gasteiger partial charge < -0.3 is 10.1 Å².